The van der Waals surface area contributed by atoms with Crippen molar-refractivity contribution in [3.05, 3.63) is 66.1 Å². The SMILES string of the molecule is COC(=O)N[C@H](C(=O)N1CCC[C@H]1C(=O)NCc1ccc(-c2ccc(-c3cnc([C@@H]4CCCN4C(=O)[C@@H](NC(=O)OC)C4CCOCC4)[nH]3)cc2)cc1)C1CCOCC1. The third kappa shape index (κ3) is 9.87. The van der Waals surface area contributed by atoms with Crippen molar-refractivity contribution < 1.29 is 42.9 Å². The summed E-state index contributed by atoms with van der Waals surface area (Å²) in [6.45, 7) is 3.47. The molecule has 0 saturated carbocycles. The van der Waals surface area contributed by atoms with Gasteiger partial charge in [-0.2, -0.15) is 0 Å². The second-order valence-corrected chi connectivity index (χ2v) is 15.7. The van der Waals surface area contributed by atoms with Crippen LogP contribution >= 0.6 is 0 Å². The molecule has 4 aliphatic heterocycles. The summed E-state index contributed by atoms with van der Waals surface area (Å²) < 4.78 is 20.6. The summed E-state index contributed by atoms with van der Waals surface area (Å²) in [7, 11) is 2.57. The van der Waals surface area contributed by atoms with Gasteiger partial charge < -0.3 is 49.7 Å². The van der Waals surface area contributed by atoms with Crippen molar-refractivity contribution in [2.45, 2.75) is 82.1 Å². The van der Waals surface area contributed by atoms with Gasteiger partial charge in [-0.1, -0.05) is 48.5 Å². The maximum absolute atomic E-state index is 13.9. The molecule has 2 aromatic carbocycles. The molecular formula is C43H55N7O9. The van der Waals surface area contributed by atoms with Gasteiger partial charge in [-0.3, -0.25) is 14.4 Å². The molecule has 16 nitrogen and oxygen atoms in total. The summed E-state index contributed by atoms with van der Waals surface area (Å²) in [6.07, 6.45) is 6.00. The van der Waals surface area contributed by atoms with Crippen LogP contribution in [-0.4, -0.2) is 122 Å². The number of aromatic amines is 1. The first kappa shape index (κ1) is 41.7. The molecule has 0 radical (unpaired) electrons. The Morgan fingerprint density at radius 2 is 1.22 bits per heavy atom. The fourth-order valence-electron chi connectivity index (χ4n) is 8.82. The van der Waals surface area contributed by atoms with Gasteiger partial charge in [0.05, 0.1) is 32.2 Å². The molecule has 0 unspecified atom stereocenters. The Balaban J connectivity index is 0.943. The van der Waals surface area contributed by atoms with Gasteiger partial charge in [0.15, 0.2) is 0 Å². The minimum absolute atomic E-state index is 0.0354. The first-order valence-corrected chi connectivity index (χ1v) is 20.7. The van der Waals surface area contributed by atoms with Gasteiger partial charge in [0.2, 0.25) is 17.7 Å². The van der Waals surface area contributed by atoms with E-state index in [0.717, 1.165) is 40.8 Å². The Labute approximate surface area is 344 Å². The summed E-state index contributed by atoms with van der Waals surface area (Å²) in [4.78, 5) is 77.1. The molecule has 16 heteroatoms. The van der Waals surface area contributed by atoms with Gasteiger partial charge in [-0.05, 0) is 85.5 Å². The van der Waals surface area contributed by atoms with Crippen molar-refractivity contribution in [3.63, 3.8) is 0 Å². The summed E-state index contributed by atoms with van der Waals surface area (Å²) in [5.41, 5.74) is 4.75. The average Bonchev–Trinajstić information content (AvgIpc) is 4.09. The Morgan fingerprint density at radius 3 is 1.80 bits per heavy atom. The van der Waals surface area contributed by atoms with Crippen molar-refractivity contribution in [1.82, 2.24) is 35.7 Å². The summed E-state index contributed by atoms with van der Waals surface area (Å²) in [5, 5.41) is 8.54. The molecule has 4 atom stereocenters. The third-order valence-electron chi connectivity index (χ3n) is 12.2. The fraction of sp³-hybridized carbons (Fsp3) is 0.535. The zero-order chi connectivity index (χ0) is 41.3. The highest BCUT2D eigenvalue weighted by atomic mass is 16.5. The largest absolute Gasteiger partial charge is 0.453 e. The molecule has 0 spiro atoms. The average molecular weight is 814 g/mol. The Kier molecular flexibility index (Phi) is 13.8. The van der Waals surface area contributed by atoms with Crippen molar-refractivity contribution >= 4 is 29.9 Å². The van der Waals surface area contributed by atoms with Gasteiger partial charge in [0.1, 0.15) is 23.9 Å². The normalized spacial score (nSPS) is 21.1. The zero-order valence-corrected chi connectivity index (χ0v) is 33.8. The summed E-state index contributed by atoms with van der Waals surface area (Å²) >= 11 is 0. The topological polar surface area (TPSA) is 194 Å². The summed E-state index contributed by atoms with van der Waals surface area (Å²) in [5.74, 6) is -0.0291. The van der Waals surface area contributed by atoms with E-state index < -0.39 is 30.3 Å². The third-order valence-corrected chi connectivity index (χ3v) is 12.2. The molecule has 4 N–H and O–H groups in total. The molecule has 59 heavy (non-hydrogen) atoms. The molecule has 5 heterocycles. The number of carbonyl (C=O) groups is 5. The van der Waals surface area contributed by atoms with Crippen LogP contribution in [0.1, 0.15) is 68.8 Å². The molecule has 316 valence electrons. The van der Waals surface area contributed by atoms with E-state index in [2.05, 4.69) is 20.9 Å². The molecule has 4 aliphatic rings. The standard InChI is InChI=1S/C43H55N7O9/c1-56-42(54)47-36(31-15-21-58-22-16-31)40(52)49-19-3-5-34(49)38-44-26-33(46-38)30-13-11-29(12-14-30)28-9-7-27(8-10-28)25-45-39(51)35-6-4-20-50(35)41(53)37(48-43(55)57-2)32-17-23-59-24-18-32/h7-14,26,31-32,34-37H,3-6,15-25H2,1-2H3,(H,44,46)(H,45,51)(H,47,54)(H,48,55)/t34-,35-,36-,37-/m0/s1. The lowest BCUT2D eigenvalue weighted by atomic mass is 9.90. The monoisotopic (exact) mass is 813 g/mol. The van der Waals surface area contributed by atoms with E-state index in [0.29, 0.717) is 90.4 Å². The molecule has 5 amide bonds. The zero-order valence-electron chi connectivity index (χ0n) is 33.8. The van der Waals surface area contributed by atoms with Crippen molar-refractivity contribution in [2.75, 3.05) is 53.7 Å². The molecule has 0 bridgehead atoms. The van der Waals surface area contributed by atoms with E-state index in [1.165, 1.54) is 14.2 Å². The van der Waals surface area contributed by atoms with Gasteiger partial charge in [0.25, 0.3) is 0 Å². The highest BCUT2D eigenvalue weighted by Gasteiger charge is 2.42. The van der Waals surface area contributed by atoms with Gasteiger partial charge in [0, 0.05) is 46.1 Å². The van der Waals surface area contributed by atoms with Crippen LogP contribution in [0.3, 0.4) is 0 Å². The molecule has 7 rings (SSSR count). The number of ether oxygens (including phenoxy) is 4. The number of H-pyrrole nitrogens is 1. The van der Waals surface area contributed by atoms with Crippen molar-refractivity contribution in [2.24, 2.45) is 11.8 Å². The molecule has 4 saturated heterocycles. The van der Waals surface area contributed by atoms with Crippen molar-refractivity contribution in [1.29, 1.82) is 0 Å². The smallest absolute Gasteiger partial charge is 0.407 e. The fourth-order valence-corrected chi connectivity index (χ4v) is 8.82. The second-order valence-electron chi connectivity index (χ2n) is 15.7. The van der Waals surface area contributed by atoms with E-state index in [9.17, 15) is 24.0 Å². The van der Waals surface area contributed by atoms with Gasteiger partial charge >= 0.3 is 12.2 Å². The summed E-state index contributed by atoms with van der Waals surface area (Å²) in [6, 6.07) is 13.8. The number of aromatic nitrogens is 2. The Hall–Kier alpha value is -5.48. The second kappa shape index (κ2) is 19.5. The number of carbonyl (C=O) groups excluding carboxylic acids is 5. The van der Waals surface area contributed by atoms with Crippen LogP contribution in [0.15, 0.2) is 54.7 Å². The van der Waals surface area contributed by atoms with Crippen LogP contribution in [0, 0.1) is 11.8 Å². The van der Waals surface area contributed by atoms with Crippen LogP contribution in [0.25, 0.3) is 22.4 Å². The Morgan fingerprint density at radius 1 is 0.712 bits per heavy atom. The van der Waals surface area contributed by atoms with Crippen LogP contribution in [0.5, 0.6) is 0 Å². The lowest BCUT2D eigenvalue weighted by Crippen LogP contribution is -2.56. The molecular weight excluding hydrogens is 759 g/mol. The lowest BCUT2D eigenvalue weighted by molar-refractivity contribution is -0.141. The number of benzene rings is 2. The number of hydrogen-bond acceptors (Lipinski definition) is 10. The molecule has 1 aromatic heterocycles. The molecule has 3 aromatic rings. The van der Waals surface area contributed by atoms with Crippen molar-refractivity contribution in [3.8, 4) is 22.4 Å². The van der Waals surface area contributed by atoms with Crippen LogP contribution < -0.4 is 16.0 Å². The number of amides is 5. The van der Waals surface area contributed by atoms with E-state index in [4.69, 9.17) is 23.9 Å². The number of nitrogens with one attached hydrogen (secondary N) is 4. The first-order valence-electron chi connectivity index (χ1n) is 20.7. The first-order chi connectivity index (χ1) is 28.7. The van der Waals surface area contributed by atoms with E-state index >= 15 is 0 Å². The van der Waals surface area contributed by atoms with E-state index in [1.807, 2.05) is 53.4 Å². The van der Waals surface area contributed by atoms with E-state index in [-0.39, 0.29) is 35.6 Å². The Bertz CT molecular complexity index is 1930. The van der Waals surface area contributed by atoms with Gasteiger partial charge in [-0.15, -0.1) is 0 Å². The number of alkyl carbamates (subject to hydrolysis) is 2. The molecule has 4 fully saturated rings. The van der Waals surface area contributed by atoms with Crippen LogP contribution in [0.2, 0.25) is 0 Å². The number of hydrogen-bond donors (Lipinski definition) is 4. The maximum atomic E-state index is 13.9. The number of methoxy groups -OCH3 is 2. The lowest BCUT2D eigenvalue weighted by Gasteiger charge is -2.34. The quantitative estimate of drug-likeness (QED) is 0.205. The number of imidazole rings is 1. The maximum Gasteiger partial charge on any atom is 0.407 e. The minimum atomic E-state index is -0.779. The molecule has 0 aliphatic carbocycles. The number of rotatable bonds is 12. The van der Waals surface area contributed by atoms with Crippen LogP contribution in [0.4, 0.5) is 9.59 Å². The predicted molar refractivity (Wildman–Crippen MR) is 215 cm³/mol. The highest BCUT2D eigenvalue weighted by molar-refractivity contribution is 5.92. The van der Waals surface area contributed by atoms with Crippen LogP contribution in [-0.2, 0) is 39.9 Å². The minimum Gasteiger partial charge on any atom is -0.453 e. The number of nitrogens with zero attached hydrogens (tertiary/aromatic N) is 3. The predicted octanol–water partition coefficient (Wildman–Crippen LogP) is 4.32. The van der Waals surface area contributed by atoms with Gasteiger partial charge in [-0.25, -0.2) is 14.6 Å². The number of likely N-dealkylation sites (tertiary alicyclic amines) is 2. The van der Waals surface area contributed by atoms with E-state index in [1.54, 1.807) is 11.1 Å². The highest BCUT2D eigenvalue weighted by Crippen LogP contribution is 2.34.